The highest BCUT2D eigenvalue weighted by atomic mass is 32.2. The van der Waals surface area contributed by atoms with Crippen LogP contribution in [-0.4, -0.2) is 51.3 Å². The number of likely N-dealkylation sites (tertiary alicyclic amines) is 1. The number of benzene rings is 1. The standard InChI is InChI=1S/C23H30N4O2S2/c1-3-20(28)27(19-9-10-19)22-24-25-23(31-22)30-16(2)21(29)26-13-11-18(12-14-26)15-17-7-5-4-6-8-17/h4-8,16,18-19H,3,9-15H2,1-2H3. The van der Waals surface area contributed by atoms with Crippen LogP contribution in [0.15, 0.2) is 34.7 Å². The summed E-state index contributed by atoms with van der Waals surface area (Å²) in [5.74, 6) is 0.908. The van der Waals surface area contributed by atoms with Crippen LogP contribution in [0.4, 0.5) is 5.13 Å². The third kappa shape index (κ3) is 5.66. The van der Waals surface area contributed by atoms with Crippen molar-refractivity contribution in [1.29, 1.82) is 0 Å². The molecule has 0 bridgehead atoms. The summed E-state index contributed by atoms with van der Waals surface area (Å²) < 4.78 is 0.754. The summed E-state index contributed by atoms with van der Waals surface area (Å²) in [4.78, 5) is 29.1. The molecule has 8 heteroatoms. The molecule has 4 rings (SSSR count). The summed E-state index contributed by atoms with van der Waals surface area (Å²) in [5, 5.41) is 8.97. The minimum absolute atomic E-state index is 0.0951. The number of anilines is 1. The fourth-order valence-corrected chi connectivity index (χ4v) is 6.24. The van der Waals surface area contributed by atoms with Crippen molar-refractivity contribution in [3.8, 4) is 0 Å². The highest BCUT2D eigenvalue weighted by molar-refractivity contribution is 8.02. The van der Waals surface area contributed by atoms with Crippen LogP contribution in [0.1, 0.15) is 51.5 Å². The first-order chi connectivity index (χ1) is 15.0. The van der Waals surface area contributed by atoms with Crippen molar-refractivity contribution in [2.45, 2.75) is 68.0 Å². The summed E-state index contributed by atoms with van der Waals surface area (Å²) >= 11 is 2.88. The Labute approximate surface area is 192 Å². The number of rotatable bonds is 8. The second-order valence-electron chi connectivity index (χ2n) is 8.42. The summed E-state index contributed by atoms with van der Waals surface area (Å²) in [5.41, 5.74) is 1.38. The van der Waals surface area contributed by atoms with Gasteiger partial charge in [0.25, 0.3) is 0 Å². The SMILES string of the molecule is CCC(=O)N(c1nnc(SC(C)C(=O)N2CCC(Cc3ccccc3)CC2)s1)C1CC1. The van der Waals surface area contributed by atoms with Crippen molar-refractivity contribution in [3.63, 3.8) is 0 Å². The third-order valence-corrected chi connectivity index (χ3v) is 8.10. The molecular weight excluding hydrogens is 428 g/mol. The highest BCUT2D eigenvalue weighted by Crippen LogP contribution is 2.37. The molecule has 0 radical (unpaired) electrons. The van der Waals surface area contributed by atoms with E-state index in [2.05, 4.69) is 40.5 Å². The first-order valence-corrected chi connectivity index (χ1v) is 12.9. The minimum atomic E-state index is -0.206. The molecule has 0 N–H and O–H groups in total. The number of nitrogens with zero attached hydrogens (tertiary/aromatic N) is 4. The van der Waals surface area contributed by atoms with E-state index in [1.54, 1.807) is 4.90 Å². The molecule has 2 aliphatic rings. The van der Waals surface area contributed by atoms with E-state index < -0.39 is 0 Å². The third-order valence-electron chi connectivity index (χ3n) is 6.00. The second kappa shape index (κ2) is 10.1. The Hall–Kier alpha value is -1.93. The average molecular weight is 459 g/mol. The number of aromatic nitrogens is 2. The molecule has 166 valence electrons. The van der Waals surface area contributed by atoms with Crippen molar-refractivity contribution < 1.29 is 9.59 Å². The van der Waals surface area contributed by atoms with E-state index in [-0.39, 0.29) is 23.1 Å². The normalized spacial score (nSPS) is 18.1. The van der Waals surface area contributed by atoms with Gasteiger partial charge in [-0.3, -0.25) is 14.5 Å². The van der Waals surface area contributed by atoms with Crippen LogP contribution in [0.2, 0.25) is 0 Å². The predicted molar refractivity (Wildman–Crippen MR) is 125 cm³/mol. The van der Waals surface area contributed by atoms with Crippen LogP contribution in [0, 0.1) is 5.92 Å². The largest absolute Gasteiger partial charge is 0.342 e. The van der Waals surface area contributed by atoms with Crippen molar-refractivity contribution in [2.24, 2.45) is 5.92 Å². The molecule has 1 unspecified atom stereocenters. The van der Waals surface area contributed by atoms with E-state index in [0.717, 1.165) is 49.5 Å². The lowest BCUT2D eigenvalue weighted by atomic mass is 9.90. The van der Waals surface area contributed by atoms with Gasteiger partial charge in [-0.2, -0.15) is 0 Å². The van der Waals surface area contributed by atoms with Gasteiger partial charge in [-0.15, -0.1) is 10.2 Å². The molecule has 1 aliphatic heterocycles. The number of amides is 2. The molecule has 1 aromatic heterocycles. The Morgan fingerprint density at radius 1 is 1.16 bits per heavy atom. The monoisotopic (exact) mass is 458 g/mol. The molecule has 1 aliphatic carbocycles. The average Bonchev–Trinajstić information content (AvgIpc) is 3.52. The van der Waals surface area contributed by atoms with Gasteiger partial charge in [0.15, 0.2) is 4.34 Å². The van der Waals surface area contributed by atoms with Crippen LogP contribution < -0.4 is 4.90 Å². The van der Waals surface area contributed by atoms with Gasteiger partial charge in [0.2, 0.25) is 16.9 Å². The maximum atomic E-state index is 13.0. The maximum absolute atomic E-state index is 13.0. The Bertz CT molecular complexity index is 892. The molecule has 2 amide bonds. The molecule has 2 aromatic rings. The molecule has 2 heterocycles. The van der Waals surface area contributed by atoms with Gasteiger partial charge in [0.1, 0.15) is 0 Å². The molecule has 1 atom stereocenters. The molecule has 1 saturated carbocycles. The second-order valence-corrected chi connectivity index (χ2v) is 11.0. The first-order valence-electron chi connectivity index (χ1n) is 11.2. The summed E-state index contributed by atoms with van der Waals surface area (Å²) in [6, 6.07) is 10.9. The lowest BCUT2D eigenvalue weighted by molar-refractivity contribution is -0.131. The molecule has 1 aromatic carbocycles. The Morgan fingerprint density at radius 2 is 1.87 bits per heavy atom. The smallest absolute Gasteiger partial charge is 0.235 e. The minimum Gasteiger partial charge on any atom is -0.342 e. The van der Waals surface area contributed by atoms with Gasteiger partial charge in [-0.05, 0) is 50.5 Å². The summed E-state index contributed by atoms with van der Waals surface area (Å²) in [6.07, 6.45) is 5.72. The molecule has 31 heavy (non-hydrogen) atoms. The first kappa shape index (κ1) is 22.3. The zero-order valence-electron chi connectivity index (χ0n) is 18.2. The summed E-state index contributed by atoms with van der Waals surface area (Å²) in [7, 11) is 0. The lowest BCUT2D eigenvalue weighted by Crippen LogP contribution is -2.42. The fourth-order valence-electron chi connectivity index (χ4n) is 4.08. The molecule has 6 nitrogen and oxygen atoms in total. The van der Waals surface area contributed by atoms with E-state index in [1.807, 2.05) is 18.7 Å². The van der Waals surface area contributed by atoms with Crippen LogP contribution in [0.25, 0.3) is 0 Å². The maximum Gasteiger partial charge on any atom is 0.235 e. The van der Waals surface area contributed by atoms with Crippen LogP contribution >= 0.6 is 23.1 Å². The predicted octanol–water partition coefficient (Wildman–Crippen LogP) is 4.41. The Kier molecular flexibility index (Phi) is 7.27. The summed E-state index contributed by atoms with van der Waals surface area (Å²) in [6.45, 7) is 5.46. The number of carbonyl (C=O) groups excluding carboxylic acids is 2. The van der Waals surface area contributed by atoms with E-state index >= 15 is 0 Å². The quantitative estimate of drug-likeness (QED) is 0.433. The number of thioether (sulfide) groups is 1. The topological polar surface area (TPSA) is 66.4 Å². The number of hydrogen-bond donors (Lipinski definition) is 0. The lowest BCUT2D eigenvalue weighted by Gasteiger charge is -2.33. The zero-order chi connectivity index (χ0) is 21.8. The van der Waals surface area contributed by atoms with Crippen molar-refractivity contribution in [1.82, 2.24) is 15.1 Å². The van der Waals surface area contributed by atoms with Crippen molar-refractivity contribution in [3.05, 3.63) is 35.9 Å². The number of piperidine rings is 1. The van der Waals surface area contributed by atoms with E-state index in [1.165, 1.54) is 28.7 Å². The van der Waals surface area contributed by atoms with Gasteiger partial charge in [-0.25, -0.2) is 0 Å². The number of carbonyl (C=O) groups is 2. The Morgan fingerprint density at radius 3 is 2.52 bits per heavy atom. The molecule has 0 spiro atoms. The Balaban J connectivity index is 1.28. The number of hydrogen-bond acceptors (Lipinski definition) is 6. The fraction of sp³-hybridized carbons (Fsp3) is 0.565. The van der Waals surface area contributed by atoms with E-state index in [0.29, 0.717) is 17.5 Å². The van der Waals surface area contributed by atoms with Gasteiger partial charge in [0, 0.05) is 25.6 Å². The van der Waals surface area contributed by atoms with Gasteiger partial charge >= 0.3 is 0 Å². The van der Waals surface area contributed by atoms with Gasteiger partial charge in [0.05, 0.1) is 5.25 Å². The zero-order valence-corrected chi connectivity index (χ0v) is 19.8. The highest BCUT2D eigenvalue weighted by Gasteiger charge is 2.35. The molecular formula is C23H30N4O2S2. The van der Waals surface area contributed by atoms with Crippen molar-refractivity contribution in [2.75, 3.05) is 18.0 Å². The van der Waals surface area contributed by atoms with E-state index in [4.69, 9.17) is 0 Å². The van der Waals surface area contributed by atoms with E-state index in [9.17, 15) is 9.59 Å². The van der Waals surface area contributed by atoms with Gasteiger partial charge in [-0.1, -0.05) is 60.4 Å². The van der Waals surface area contributed by atoms with Crippen LogP contribution in [-0.2, 0) is 16.0 Å². The van der Waals surface area contributed by atoms with Gasteiger partial charge < -0.3 is 4.90 Å². The molecule has 2 fully saturated rings. The molecule has 1 saturated heterocycles. The van der Waals surface area contributed by atoms with Crippen LogP contribution in [0.5, 0.6) is 0 Å². The van der Waals surface area contributed by atoms with Crippen molar-refractivity contribution >= 4 is 40.0 Å². The van der Waals surface area contributed by atoms with Crippen LogP contribution in [0.3, 0.4) is 0 Å².